The lowest BCUT2D eigenvalue weighted by Gasteiger charge is -2.01. The van der Waals surface area contributed by atoms with E-state index in [-0.39, 0.29) is 21.9 Å². The molecule has 6 heteroatoms. The van der Waals surface area contributed by atoms with E-state index in [9.17, 15) is 14.0 Å². The number of carbonyl (C=O) groups is 2. The number of hydrogen-bond acceptors (Lipinski definition) is 4. The van der Waals surface area contributed by atoms with Crippen molar-refractivity contribution in [2.75, 3.05) is 7.11 Å². The molecule has 0 fully saturated rings. The van der Waals surface area contributed by atoms with E-state index in [4.69, 9.17) is 17.0 Å². The monoisotopic (exact) mass is 321 g/mol. The van der Waals surface area contributed by atoms with Gasteiger partial charge in [0.2, 0.25) is 0 Å². The number of ether oxygens (including phenoxy) is 1. The zero-order chi connectivity index (χ0) is 16.5. The Morgan fingerprint density at radius 1 is 1.32 bits per heavy atom. The van der Waals surface area contributed by atoms with Crippen molar-refractivity contribution in [3.8, 4) is 0 Å². The van der Waals surface area contributed by atoms with Crippen LogP contribution in [0.1, 0.15) is 15.9 Å². The van der Waals surface area contributed by atoms with Gasteiger partial charge in [0.25, 0.3) is 0 Å². The molecular formula is C16H13ClFNO3. The van der Waals surface area contributed by atoms with Crippen LogP contribution < -0.4 is 0 Å². The molecule has 0 aliphatic carbocycles. The SMILES string of the molecule is COC(=O)/C=C/C(Cl)=C/C=C\C(=N)c1ccc(C=O)cc1F. The first-order valence-corrected chi connectivity index (χ1v) is 6.49. The van der Waals surface area contributed by atoms with Gasteiger partial charge in [-0.15, -0.1) is 0 Å². The summed E-state index contributed by atoms with van der Waals surface area (Å²) >= 11 is 5.81. The number of halogens is 2. The predicted molar refractivity (Wildman–Crippen MR) is 82.8 cm³/mol. The van der Waals surface area contributed by atoms with Gasteiger partial charge in [-0.2, -0.15) is 0 Å². The maximum Gasteiger partial charge on any atom is 0.330 e. The average molecular weight is 322 g/mol. The Labute approximate surface area is 132 Å². The molecule has 0 saturated carbocycles. The Hall–Kier alpha value is -2.53. The summed E-state index contributed by atoms with van der Waals surface area (Å²) in [4.78, 5) is 21.4. The van der Waals surface area contributed by atoms with Gasteiger partial charge >= 0.3 is 5.97 Å². The van der Waals surface area contributed by atoms with Gasteiger partial charge in [0.15, 0.2) is 0 Å². The van der Waals surface area contributed by atoms with Gasteiger partial charge in [0.05, 0.1) is 12.8 Å². The van der Waals surface area contributed by atoms with E-state index in [1.165, 1.54) is 43.5 Å². The van der Waals surface area contributed by atoms with E-state index >= 15 is 0 Å². The van der Waals surface area contributed by atoms with Crippen molar-refractivity contribution < 1.29 is 18.7 Å². The maximum absolute atomic E-state index is 13.7. The number of allylic oxidation sites excluding steroid dienone is 5. The number of rotatable bonds is 6. The van der Waals surface area contributed by atoms with E-state index in [1.54, 1.807) is 0 Å². The maximum atomic E-state index is 13.7. The lowest BCUT2D eigenvalue weighted by molar-refractivity contribution is -0.134. The van der Waals surface area contributed by atoms with Crippen molar-refractivity contribution in [1.29, 1.82) is 5.41 Å². The number of esters is 1. The normalized spacial score (nSPS) is 11.9. The number of carbonyl (C=O) groups excluding carboxylic acids is 2. The molecule has 1 aromatic rings. The van der Waals surface area contributed by atoms with Crippen LogP contribution in [0.5, 0.6) is 0 Å². The summed E-state index contributed by atoms with van der Waals surface area (Å²) in [5.41, 5.74) is 0.193. The lowest BCUT2D eigenvalue weighted by atomic mass is 10.1. The molecule has 114 valence electrons. The molecule has 4 nitrogen and oxygen atoms in total. The molecule has 0 heterocycles. The van der Waals surface area contributed by atoms with E-state index in [0.29, 0.717) is 6.29 Å². The highest BCUT2D eigenvalue weighted by atomic mass is 35.5. The fourth-order valence-electron chi connectivity index (χ4n) is 1.42. The van der Waals surface area contributed by atoms with Crippen LogP contribution in [-0.2, 0) is 9.53 Å². The molecule has 0 aromatic heterocycles. The minimum absolute atomic E-state index is 0.0662. The molecule has 1 rings (SSSR count). The summed E-state index contributed by atoms with van der Waals surface area (Å²) in [7, 11) is 1.25. The van der Waals surface area contributed by atoms with Gasteiger partial charge in [0, 0.05) is 22.2 Å². The number of aldehydes is 1. The summed E-state index contributed by atoms with van der Waals surface area (Å²) in [5.74, 6) is -1.19. The van der Waals surface area contributed by atoms with Gasteiger partial charge in [-0.3, -0.25) is 4.79 Å². The number of nitrogens with one attached hydrogen (secondary N) is 1. The van der Waals surface area contributed by atoms with E-state index in [1.807, 2.05) is 0 Å². The third-order valence-corrected chi connectivity index (χ3v) is 2.77. The first-order chi connectivity index (χ1) is 10.5. The Kier molecular flexibility index (Phi) is 6.92. The van der Waals surface area contributed by atoms with Gasteiger partial charge in [-0.1, -0.05) is 23.7 Å². The van der Waals surface area contributed by atoms with Crippen LogP contribution in [0.15, 0.2) is 53.6 Å². The highest BCUT2D eigenvalue weighted by molar-refractivity contribution is 6.31. The summed E-state index contributed by atoms with van der Waals surface area (Å²) in [6.07, 6.45) is 7.24. The Bertz CT molecular complexity index is 678. The minimum Gasteiger partial charge on any atom is -0.466 e. The molecule has 22 heavy (non-hydrogen) atoms. The molecule has 0 aliphatic rings. The van der Waals surface area contributed by atoms with E-state index < -0.39 is 11.8 Å². The highest BCUT2D eigenvalue weighted by Gasteiger charge is 2.06. The van der Waals surface area contributed by atoms with Crippen molar-refractivity contribution in [3.63, 3.8) is 0 Å². The van der Waals surface area contributed by atoms with Crippen LogP contribution >= 0.6 is 11.6 Å². The largest absolute Gasteiger partial charge is 0.466 e. The second-order valence-electron chi connectivity index (χ2n) is 4.04. The minimum atomic E-state index is -0.653. The second-order valence-corrected chi connectivity index (χ2v) is 4.47. The van der Waals surface area contributed by atoms with Gasteiger partial charge in [0.1, 0.15) is 12.1 Å². The van der Waals surface area contributed by atoms with Crippen LogP contribution in [0.25, 0.3) is 0 Å². The first kappa shape index (κ1) is 17.5. The fourth-order valence-corrected chi connectivity index (χ4v) is 1.56. The van der Waals surface area contributed by atoms with E-state index in [0.717, 1.165) is 12.1 Å². The Morgan fingerprint density at radius 2 is 2.05 bits per heavy atom. The number of benzene rings is 1. The van der Waals surface area contributed by atoms with E-state index in [2.05, 4.69) is 4.74 Å². The highest BCUT2D eigenvalue weighted by Crippen LogP contribution is 2.11. The molecule has 1 aromatic carbocycles. The summed E-state index contributed by atoms with van der Waals surface area (Å²) in [5, 5.41) is 8.00. The Morgan fingerprint density at radius 3 is 2.64 bits per heavy atom. The summed E-state index contributed by atoms with van der Waals surface area (Å²) < 4.78 is 18.1. The van der Waals surface area contributed by atoms with Gasteiger partial charge in [-0.25, -0.2) is 9.18 Å². The molecule has 0 spiro atoms. The number of methoxy groups -OCH3 is 1. The molecule has 0 aliphatic heterocycles. The topological polar surface area (TPSA) is 67.2 Å². The molecule has 1 N–H and O–H groups in total. The van der Waals surface area contributed by atoms with Gasteiger partial charge in [-0.05, 0) is 30.4 Å². The predicted octanol–water partition coefficient (Wildman–Crippen LogP) is 3.41. The van der Waals surface area contributed by atoms with Crippen molar-refractivity contribution in [2.24, 2.45) is 0 Å². The van der Waals surface area contributed by atoms with Crippen molar-refractivity contribution >= 4 is 29.6 Å². The molecule has 0 amide bonds. The van der Waals surface area contributed by atoms with Crippen LogP contribution in [0, 0.1) is 11.2 Å². The molecule has 0 saturated heterocycles. The van der Waals surface area contributed by atoms with Crippen LogP contribution in [0.4, 0.5) is 4.39 Å². The molecule has 0 unspecified atom stereocenters. The first-order valence-electron chi connectivity index (χ1n) is 6.11. The fraction of sp³-hybridized carbons (Fsp3) is 0.0625. The Balaban J connectivity index is 2.78. The summed E-state index contributed by atoms with van der Waals surface area (Å²) in [6, 6.07) is 3.84. The lowest BCUT2D eigenvalue weighted by Crippen LogP contribution is -1.99. The molecule has 0 bridgehead atoms. The van der Waals surface area contributed by atoms with Crippen molar-refractivity contribution in [3.05, 3.63) is 70.6 Å². The number of hydrogen-bond donors (Lipinski definition) is 1. The molecule has 0 radical (unpaired) electrons. The smallest absolute Gasteiger partial charge is 0.330 e. The zero-order valence-electron chi connectivity index (χ0n) is 11.7. The van der Waals surface area contributed by atoms with Crippen molar-refractivity contribution in [2.45, 2.75) is 0 Å². The standard InChI is InChI=1S/C16H13ClFNO3/c1-22-16(21)8-6-12(17)3-2-4-15(19)13-7-5-11(10-20)9-14(13)18/h2-10,19H,1H3/b4-2-,8-6+,12-3-,19-15?. The molecular weight excluding hydrogens is 309 g/mol. The third kappa shape index (κ3) is 5.46. The molecule has 0 atom stereocenters. The van der Waals surface area contributed by atoms with Gasteiger partial charge < -0.3 is 10.1 Å². The third-order valence-electron chi connectivity index (χ3n) is 2.52. The zero-order valence-corrected chi connectivity index (χ0v) is 12.4. The van der Waals surface area contributed by atoms with Crippen LogP contribution in [-0.4, -0.2) is 25.1 Å². The average Bonchev–Trinajstić information content (AvgIpc) is 2.52. The van der Waals surface area contributed by atoms with Crippen LogP contribution in [0.2, 0.25) is 0 Å². The quantitative estimate of drug-likeness (QED) is 0.287. The summed E-state index contributed by atoms with van der Waals surface area (Å²) in [6.45, 7) is 0. The second kappa shape index (κ2) is 8.69. The van der Waals surface area contributed by atoms with Crippen LogP contribution in [0.3, 0.4) is 0 Å². The van der Waals surface area contributed by atoms with Crippen molar-refractivity contribution in [1.82, 2.24) is 0 Å².